The molecule has 0 radical (unpaired) electrons. The second-order valence-electron chi connectivity index (χ2n) is 2.57. The van der Waals surface area contributed by atoms with E-state index in [9.17, 15) is 0 Å². The first kappa shape index (κ1) is 13.6. The summed E-state index contributed by atoms with van der Waals surface area (Å²) in [7, 11) is 1.59. The molecule has 0 amide bonds. The molecule has 0 aliphatic carbocycles. The molecule has 2 aromatic heterocycles. The van der Waals surface area contributed by atoms with E-state index in [1.54, 1.807) is 23.9 Å². The number of rotatable bonds is 1. The molecule has 15 heavy (non-hydrogen) atoms. The summed E-state index contributed by atoms with van der Waals surface area (Å²) >= 11 is 0. The molecule has 0 atom stereocenters. The SMILES string of the molecule is COc1ccc2c(C#N)cnn2c1.Cl.Cl. The van der Waals surface area contributed by atoms with Crippen molar-refractivity contribution in [1.82, 2.24) is 9.61 Å². The zero-order chi connectivity index (χ0) is 9.26. The number of fused-ring (bicyclic) bond motifs is 1. The predicted molar refractivity (Wildman–Crippen MR) is 61.0 cm³/mol. The van der Waals surface area contributed by atoms with Gasteiger partial charge in [0.15, 0.2) is 0 Å². The molecule has 0 spiro atoms. The minimum atomic E-state index is 0. The fraction of sp³-hybridized carbons (Fsp3) is 0.111. The maximum absolute atomic E-state index is 8.72. The summed E-state index contributed by atoms with van der Waals surface area (Å²) in [6.07, 6.45) is 3.27. The summed E-state index contributed by atoms with van der Waals surface area (Å²) in [5.41, 5.74) is 1.37. The lowest BCUT2D eigenvalue weighted by Crippen LogP contribution is -1.89. The van der Waals surface area contributed by atoms with Gasteiger partial charge in [0.2, 0.25) is 0 Å². The minimum absolute atomic E-state index is 0. The summed E-state index contributed by atoms with van der Waals surface area (Å²) in [4.78, 5) is 0. The lowest BCUT2D eigenvalue weighted by molar-refractivity contribution is 0.411. The van der Waals surface area contributed by atoms with Crippen LogP contribution in [0.15, 0.2) is 24.5 Å². The van der Waals surface area contributed by atoms with Crippen molar-refractivity contribution in [3.63, 3.8) is 0 Å². The van der Waals surface area contributed by atoms with Gasteiger partial charge in [0.25, 0.3) is 0 Å². The van der Waals surface area contributed by atoms with Gasteiger partial charge in [0.05, 0.1) is 30.6 Å². The lowest BCUT2D eigenvalue weighted by atomic mass is 10.3. The van der Waals surface area contributed by atoms with Crippen molar-refractivity contribution in [2.75, 3.05) is 7.11 Å². The van der Waals surface area contributed by atoms with Crippen LogP contribution in [0.3, 0.4) is 0 Å². The van der Waals surface area contributed by atoms with Crippen molar-refractivity contribution in [3.05, 3.63) is 30.1 Å². The zero-order valence-corrected chi connectivity index (χ0v) is 9.51. The molecule has 0 N–H and O–H groups in total. The molecule has 0 saturated carbocycles. The van der Waals surface area contributed by atoms with Gasteiger partial charge in [-0.1, -0.05) is 0 Å². The van der Waals surface area contributed by atoms with E-state index in [0.29, 0.717) is 5.56 Å². The second kappa shape index (κ2) is 5.44. The second-order valence-corrected chi connectivity index (χ2v) is 2.57. The van der Waals surface area contributed by atoms with Gasteiger partial charge in [-0.3, -0.25) is 0 Å². The predicted octanol–water partition coefficient (Wildman–Crippen LogP) is 2.06. The first-order valence-corrected chi connectivity index (χ1v) is 3.76. The van der Waals surface area contributed by atoms with Crippen molar-refractivity contribution in [2.45, 2.75) is 0 Å². The molecule has 2 rings (SSSR count). The van der Waals surface area contributed by atoms with E-state index in [2.05, 4.69) is 11.2 Å². The molecule has 2 aromatic rings. The molecule has 0 aliphatic rings. The molecule has 2 heterocycles. The molecule has 0 saturated heterocycles. The molecule has 0 bridgehead atoms. The number of methoxy groups -OCH3 is 1. The van der Waals surface area contributed by atoms with Crippen LogP contribution in [0.5, 0.6) is 5.75 Å². The Bertz CT molecular complexity index is 490. The van der Waals surface area contributed by atoms with Crippen LogP contribution in [0.25, 0.3) is 5.52 Å². The first-order chi connectivity index (χ1) is 6.35. The quantitative estimate of drug-likeness (QED) is 0.773. The molecular weight excluding hydrogens is 237 g/mol. The van der Waals surface area contributed by atoms with E-state index in [4.69, 9.17) is 10.00 Å². The van der Waals surface area contributed by atoms with E-state index < -0.39 is 0 Å². The Kier molecular flexibility index (Phi) is 4.92. The van der Waals surface area contributed by atoms with Crippen molar-refractivity contribution in [3.8, 4) is 11.8 Å². The Balaban J connectivity index is 0.000000980. The highest BCUT2D eigenvalue weighted by molar-refractivity contribution is 5.85. The first-order valence-electron chi connectivity index (χ1n) is 3.76. The third kappa shape index (κ3) is 2.32. The van der Waals surface area contributed by atoms with Gasteiger partial charge in [0, 0.05) is 0 Å². The Morgan fingerprint density at radius 1 is 1.40 bits per heavy atom. The van der Waals surface area contributed by atoms with Crippen LogP contribution in [-0.2, 0) is 0 Å². The Hall–Kier alpha value is -1.44. The van der Waals surface area contributed by atoms with E-state index in [0.717, 1.165) is 11.3 Å². The summed E-state index contributed by atoms with van der Waals surface area (Å²) in [5.74, 6) is 0.722. The summed E-state index contributed by atoms with van der Waals surface area (Å²) in [6, 6.07) is 5.68. The monoisotopic (exact) mass is 245 g/mol. The molecule has 0 aliphatic heterocycles. The van der Waals surface area contributed by atoms with Crippen molar-refractivity contribution in [2.24, 2.45) is 0 Å². The Morgan fingerprint density at radius 3 is 2.73 bits per heavy atom. The number of nitrogens with zero attached hydrogens (tertiary/aromatic N) is 3. The lowest BCUT2D eigenvalue weighted by Gasteiger charge is -1.98. The van der Waals surface area contributed by atoms with Gasteiger partial charge >= 0.3 is 0 Å². The van der Waals surface area contributed by atoms with Crippen molar-refractivity contribution < 1.29 is 4.74 Å². The normalized spacial score (nSPS) is 8.53. The minimum Gasteiger partial charge on any atom is -0.495 e. The van der Waals surface area contributed by atoms with Crippen LogP contribution >= 0.6 is 24.8 Å². The number of aromatic nitrogens is 2. The summed E-state index contributed by atoms with van der Waals surface area (Å²) in [5, 5.41) is 12.7. The van der Waals surface area contributed by atoms with E-state index in [1.165, 1.54) is 6.20 Å². The van der Waals surface area contributed by atoms with Crippen LogP contribution in [-0.4, -0.2) is 16.7 Å². The highest BCUT2D eigenvalue weighted by atomic mass is 35.5. The van der Waals surface area contributed by atoms with Gasteiger partial charge < -0.3 is 4.74 Å². The molecule has 80 valence electrons. The van der Waals surface area contributed by atoms with E-state index >= 15 is 0 Å². The molecule has 0 unspecified atom stereocenters. The molecule has 0 aromatic carbocycles. The van der Waals surface area contributed by atoms with Gasteiger partial charge in [-0.15, -0.1) is 24.8 Å². The average Bonchev–Trinajstić information content (AvgIpc) is 2.59. The van der Waals surface area contributed by atoms with Crippen LogP contribution < -0.4 is 4.74 Å². The third-order valence-electron chi connectivity index (χ3n) is 1.85. The molecule has 4 nitrogen and oxygen atoms in total. The van der Waals surface area contributed by atoms with Crippen LogP contribution in [0.2, 0.25) is 0 Å². The van der Waals surface area contributed by atoms with Crippen LogP contribution in [0.1, 0.15) is 5.56 Å². The molecule has 0 fully saturated rings. The fourth-order valence-corrected chi connectivity index (χ4v) is 1.17. The topological polar surface area (TPSA) is 50.3 Å². The van der Waals surface area contributed by atoms with Gasteiger partial charge in [-0.05, 0) is 12.1 Å². The summed E-state index contributed by atoms with van der Waals surface area (Å²) in [6.45, 7) is 0. The molecular formula is C9H9Cl2N3O. The third-order valence-corrected chi connectivity index (χ3v) is 1.85. The number of ether oxygens (including phenoxy) is 1. The highest BCUT2D eigenvalue weighted by Gasteiger charge is 2.02. The van der Waals surface area contributed by atoms with Gasteiger partial charge in [-0.2, -0.15) is 10.4 Å². The maximum Gasteiger partial charge on any atom is 0.137 e. The Labute approximate surface area is 99.3 Å². The van der Waals surface area contributed by atoms with Gasteiger partial charge in [-0.25, -0.2) is 4.52 Å². The Morgan fingerprint density at radius 2 is 2.13 bits per heavy atom. The van der Waals surface area contributed by atoms with E-state index in [1.807, 2.05) is 6.07 Å². The average molecular weight is 246 g/mol. The standard InChI is InChI=1S/C9H7N3O.2ClH/c1-13-8-2-3-9-7(4-10)5-11-12(9)6-8;;/h2-3,5-6H,1H3;2*1H. The fourth-order valence-electron chi connectivity index (χ4n) is 1.17. The zero-order valence-electron chi connectivity index (χ0n) is 7.88. The molecule has 6 heteroatoms. The van der Waals surface area contributed by atoms with Crippen LogP contribution in [0.4, 0.5) is 0 Å². The smallest absolute Gasteiger partial charge is 0.137 e. The number of halogens is 2. The van der Waals surface area contributed by atoms with Crippen molar-refractivity contribution in [1.29, 1.82) is 5.26 Å². The number of hydrogen-bond acceptors (Lipinski definition) is 3. The maximum atomic E-state index is 8.72. The largest absolute Gasteiger partial charge is 0.495 e. The van der Waals surface area contributed by atoms with Crippen molar-refractivity contribution >= 4 is 30.3 Å². The van der Waals surface area contributed by atoms with Gasteiger partial charge in [0.1, 0.15) is 11.8 Å². The number of hydrogen-bond donors (Lipinski definition) is 0. The number of nitriles is 1. The van der Waals surface area contributed by atoms with Crippen LogP contribution in [0, 0.1) is 11.3 Å². The number of pyridine rings is 1. The van der Waals surface area contributed by atoms with E-state index in [-0.39, 0.29) is 24.8 Å². The summed E-state index contributed by atoms with van der Waals surface area (Å²) < 4.78 is 6.64. The highest BCUT2D eigenvalue weighted by Crippen LogP contribution is 2.14.